The van der Waals surface area contributed by atoms with E-state index in [1.165, 1.54) is 24.3 Å². The minimum atomic E-state index is -1.31. The maximum absolute atomic E-state index is 12.9. The molecule has 0 bridgehead atoms. The topological polar surface area (TPSA) is 29.5 Å². The molecule has 0 heterocycles. The van der Waals surface area contributed by atoms with Crippen molar-refractivity contribution < 1.29 is 18.6 Å². The van der Waals surface area contributed by atoms with Crippen LogP contribution in [0.4, 0.5) is 8.78 Å². The van der Waals surface area contributed by atoms with Gasteiger partial charge in [-0.2, -0.15) is 0 Å². The van der Waals surface area contributed by atoms with Gasteiger partial charge in [-0.25, -0.2) is 8.78 Å². The Morgan fingerprint density at radius 3 is 2.31 bits per heavy atom. The largest absolute Gasteiger partial charge is 0.463 e. The van der Waals surface area contributed by atoms with E-state index in [1.54, 1.807) is 0 Å². The molecule has 0 saturated heterocycles. The zero-order valence-electron chi connectivity index (χ0n) is 8.83. The van der Waals surface area contributed by atoms with Gasteiger partial charge in [0, 0.05) is 12.8 Å². The second-order valence-corrected chi connectivity index (χ2v) is 4.18. The first kappa shape index (κ1) is 11.3. The van der Waals surface area contributed by atoms with Crippen LogP contribution in [0.15, 0.2) is 24.3 Å². The maximum Gasteiger partial charge on any atom is 0.208 e. The molecule has 2 rings (SSSR count). The fraction of sp³-hybridized carbons (Fsp3) is 0.500. The Kier molecular flexibility index (Phi) is 3.10. The van der Waals surface area contributed by atoms with Gasteiger partial charge in [-0.05, 0) is 37.1 Å². The highest BCUT2D eigenvalue weighted by molar-refractivity contribution is 5.22. The van der Waals surface area contributed by atoms with Crippen molar-refractivity contribution in [3.8, 4) is 5.75 Å². The molecule has 2 nitrogen and oxygen atoms in total. The molecule has 0 radical (unpaired) electrons. The first-order chi connectivity index (χ1) is 7.57. The summed E-state index contributed by atoms with van der Waals surface area (Å²) in [6.07, 6.45) is 0.295. The summed E-state index contributed by atoms with van der Waals surface area (Å²) < 4.78 is 30.9. The summed E-state index contributed by atoms with van der Waals surface area (Å²) in [5.74, 6) is -1.26. The number of aliphatic hydroxyl groups is 1. The van der Waals surface area contributed by atoms with Crippen LogP contribution in [0.2, 0.25) is 0 Å². The molecular weight excluding hydrogens is 214 g/mol. The van der Waals surface area contributed by atoms with E-state index in [-0.39, 0.29) is 18.7 Å². The fourth-order valence-corrected chi connectivity index (χ4v) is 1.86. The predicted octanol–water partition coefficient (Wildman–Crippen LogP) is 2.81. The lowest BCUT2D eigenvalue weighted by atomic mass is 9.93. The number of hydrogen-bond acceptors (Lipinski definition) is 2. The molecule has 16 heavy (non-hydrogen) atoms. The third-order valence-electron chi connectivity index (χ3n) is 2.82. The van der Waals surface area contributed by atoms with Crippen molar-refractivity contribution in [3.05, 3.63) is 30.1 Å². The zero-order valence-corrected chi connectivity index (χ0v) is 8.83. The van der Waals surface area contributed by atoms with Crippen LogP contribution in [0.3, 0.4) is 0 Å². The quantitative estimate of drug-likeness (QED) is 0.789. The number of halogens is 2. The molecule has 0 atom stereocenters. The Morgan fingerprint density at radius 2 is 1.75 bits per heavy atom. The Bertz CT molecular complexity index is 343. The standard InChI is InChI=1S/C12H14F2O2/c13-9-1-3-11(4-2-9)16-12(15)7-5-10(14)6-8-12/h1-4,10,15H,5-8H2. The van der Waals surface area contributed by atoms with Crippen molar-refractivity contribution in [1.29, 1.82) is 0 Å². The van der Waals surface area contributed by atoms with Gasteiger partial charge in [-0.3, -0.25) is 0 Å². The second-order valence-electron chi connectivity index (χ2n) is 4.18. The molecular formula is C12H14F2O2. The van der Waals surface area contributed by atoms with Crippen LogP contribution in [0.25, 0.3) is 0 Å². The molecule has 0 unspecified atom stereocenters. The molecule has 1 aliphatic carbocycles. The van der Waals surface area contributed by atoms with Gasteiger partial charge in [-0.15, -0.1) is 0 Å². The maximum atomic E-state index is 12.9. The molecule has 1 fully saturated rings. The number of rotatable bonds is 2. The molecule has 0 aliphatic heterocycles. The van der Waals surface area contributed by atoms with E-state index in [2.05, 4.69) is 0 Å². The van der Waals surface area contributed by atoms with Crippen molar-refractivity contribution in [2.45, 2.75) is 37.6 Å². The molecule has 0 aromatic heterocycles. The minimum absolute atomic E-state index is 0.269. The minimum Gasteiger partial charge on any atom is -0.463 e. The predicted molar refractivity (Wildman–Crippen MR) is 55.3 cm³/mol. The third kappa shape index (κ3) is 2.70. The van der Waals surface area contributed by atoms with Crippen LogP contribution in [-0.2, 0) is 0 Å². The molecule has 1 aliphatic rings. The Balaban J connectivity index is 2.00. The average molecular weight is 228 g/mol. The SMILES string of the molecule is OC1(Oc2ccc(F)cc2)CCC(F)CC1. The van der Waals surface area contributed by atoms with E-state index in [9.17, 15) is 13.9 Å². The summed E-state index contributed by atoms with van der Waals surface area (Å²) in [5.41, 5.74) is 0. The lowest BCUT2D eigenvalue weighted by Crippen LogP contribution is -2.40. The summed E-state index contributed by atoms with van der Waals surface area (Å²) in [5, 5.41) is 10.0. The first-order valence-corrected chi connectivity index (χ1v) is 5.38. The fourth-order valence-electron chi connectivity index (χ4n) is 1.86. The lowest BCUT2D eigenvalue weighted by molar-refractivity contribution is -0.166. The Hall–Kier alpha value is -1.16. The summed E-state index contributed by atoms with van der Waals surface area (Å²) in [6.45, 7) is 0. The summed E-state index contributed by atoms with van der Waals surface area (Å²) >= 11 is 0. The monoisotopic (exact) mass is 228 g/mol. The van der Waals surface area contributed by atoms with Crippen LogP contribution in [0.1, 0.15) is 25.7 Å². The number of hydrogen-bond donors (Lipinski definition) is 1. The van der Waals surface area contributed by atoms with Crippen LogP contribution in [-0.4, -0.2) is 17.1 Å². The highest BCUT2D eigenvalue weighted by atomic mass is 19.1. The van der Waals surface area contributed by atoms with Gasteiger partial charge in [0.15, 0.2) is 0 Å². The van der Waals surface area contributed by atoms with Crippen LogP contribution >= 0.6 is 0 Å². The molecule has 0 spiro atoms. The Morgan fingerprint density at radius 1 is 1.19 bits per heavy atom. The molecule has 1 aromatic carbocycles. The van der Waals surface area contributed by atoms with Gasteiger partial charge in [0.2, 0.25) is 5.79 Å². The van der Waals surface area contributed by atoms with Gasteiger partial charge >= 0.3 is 0 Å². The number of alkyl halides is 1. The summed E-state index contributed by atoms with van der Waals surface area (Å²) in [4.78, 5) is 0. The highest BCUT2D eigenvalue weighted by Crippen LogP contribution is 2.32. The third-order valence-corrected chi connectivity index (χ3v) is 2.82. The summed E-state index contributed by atoms with van der Waals surface area (Å²) in [7, 11) is 0. The van der Waals surface area contributed by atoms with Gasteiger partial charge in [0.05, 0.1) is 0 Å². The van der Waals surface area contributed by atoms with Crippen LogP contribution in [0, 0.1) is 5.82 Å². The first-order valence-electron chi connectivity index (χ1n) is 5.38. The van der Waals surface area contributed by atoms with Gasteiger partial charge in [-0.1, -0.05) is 0 Å². The molecule has 0 amide bonds. The van der Waals surface area contributed by atoms with Crippen LogP contribution in [0.5, 0.6) is 5.75 Å². The van der Waals surface area contributed by atoms with E-state index in [0.29, 0.717) is 18.6 Å². The second kappa shape index (κ2) is 4.37. The average Bonchev–Trinajstić information content (AvgIpc) is 2.27. The van der Waals surface area contributed by atoms with E-state index in [4.69, 9.17) is 4.74 Å². The van der Waals surface area contributed by atoms with Gasteiger partial charge < -0.3 is 9.84 Å². The van der Waals surface area contributed by atoms with Crippen molar-refractivity contribution in [3.63, 3.8) is 0 Å². The van der Waals surface area contributed by atoms with Crippen molar-refractivity contribution in [1.82, 2.24) is 0 Å². The van der Waals surface area contributed by atoms with E-state index in [1.807, 2.05) is 0 Å². The zero-order chi connectivity index (χ0) is 11.6. The number of ether oxygens (including phenoxy) is 1. The van der Waals surface area contributed by atoms with Gasteiger partial charge in [0.25, 0.3) is 0 Å². The smallest absolute Gasteiger partial charge is 0.208 e. The van der Waals surface area contributed by atoms with E-state index < -0.39 is 12.0 Å². The van der Waals surface area contributed by atoms with Crippen molar-refractivity contribution >= 4 is 0 Å². The van der Waals surface area contributed by atoms with E-state index >= 15 is 0 Å². The highest BCUT2D eigenvalue weighted by Gasteiger charge is 2.35. The molecule has 88 valence electrons. The normalized spacial score (nSPS) is 30.1. The number of benzene rings is 1. The summed E-state index contributed by atoms with van der Waals surface area (Å²) in [6, 6.07) is 5.43. The molecule has 4 heteroatoms. The molecule has 1 N–H and O–H groups in total. The van der Waals surface area contributed by atoms with Crippen molar-refractivity contribution in [2.75, 3.05) is 0 Å². The lowest BCUT2D eigenvalue weighted by Gasteiger charge is -2.33. The van der Waals surface area contributed by atoms with Gasteiger partial charge in [0.1, 0.15) is 17.7 Å². The van der Waals surface area contributed by atoms with Crippen LogP contribution < -0.4 is 4.74 Å². The molecule has 1 saturated carbocycles. The van der Waals surface area contributed by atoms with Crippen molar-refractivity contribution in [2.24, 2.45) is 0 Å². The Labute approximate surface area is 92.9 Å². The molecule has 1 aromatic rings. The van der Waals surface area contributed by atoms with E-state index in [0.717, 1.165) is 0 Å².